The molecule has 122 valence electrons. The molecular weight excluding hydrogens is 288 g/mol. The molecule has 5 heteroatoms. The standard InChI is InChI=1S/C18H24N4O/c23-18(19-12-11-15-7-3-1-4-8-15)17-14-22(21-20-17)13-16-9-5-2-6-10-16/h2,5-6,9-10,14-15H,1,3-4,7-8,11-13H2,(H,19,23). The number of hydrogen-bond donors (Lipinski definition) is 1. The van der Waals surface area contributed by atoms with Crippen molar-refractivity contribution in [3.63, 3.8) is 0 Å². The normalized spacial score (nSPS) is 15.5. The summed E-state index contributed by atoms with van der Waals surface area (Å²) in [6, 6.07) is 10.0. The molecule has 0 saturated heterocycles. The first-order chi connectivity index (χ1) is 11.3. The van der Waals surface area contributed by atoms with Gasteiger partial charge in [0.2, 0.25) is 0 Å². The molecule has 0 radical (unpaired) electrons. The Bertz CT molecular complexity index is 617. The van der Waals surface area contributed by atoms with E-state index in [1.807, 2.05) is 30.3 Å². The molecule has 5 nitrogen and oxygen atoms in total. The van der Waals surface area contributed by atoms with E-state index in [-0.39, 0.29) is 5.91 Å². The lowest BCUT2D eigenvalue weighted by Gasteiger charge is -2.21. The fourth-order valence-corrected chi connectivity index (χ4v) is 3.21. The molecule has 0 unspecified atom stereocenters. The van der Waals surface area contributed by atoms with Crippen LogP contribution in [0.1, 0.15) is 54.6 Å². The molecule has 1 aromatic carbocycles. The highest BCUT2D eigenvalue weighted by Gasteiger charge is 2.15. The summed E-state index contributed by atoms with van der Waals surface area (Å²) in [5.41, 5.74) is 1.53. The molecule has 23 heavy (non-hydrogen) atoms. The molecule has 1 aliphatic rings. The van der Waals surface area contributed by atoms with Crippen LogP contribution in [0.4, 0.5) is 0 Å². The molecule has 1 fully saturated rings. The van der Waals surface area contributed by atoms with Crippen LogP contribution in [-0.4, -0.2) is 27.4 Å². The van der Waals surface area contributed by atoms with Crippen LogP contribution < -0.4 is 5.32 Å². The maximum absolute atomic E-state index is 12.1. The molecular formula is C18H24N4O. The monoisotopic (exact) mass is 312 g/mol. The van der Waals surface area contributed by atoms with Crippen LogP contribution in [0.25, 0.3) is 0 Å². The molecule has 3 rings (SSSR count). The number of carbonyl (C=O) groups is 1. The quantitative estimate of drug-likeness (QED) is 0.892. The summed E-state index contributed by atoms with van der Waals surface area (Å²) in [6.45, 7) is 1.36. The minimum Gasteiger partial charge on any atom is -0.351 e. The average Bonchev–Trinajstić information content (AvgIpc) is 3.05. The van der Waals surface area contributed by atoms with Gasteiger partial charge in [0.25, 0.3) is 5.91 Å². The van der Waals surface area contributed by atoms with Gasteiger partial charge in [-0.2, -0.15) is 0 Å². The zero-order valence-corrected chi connectivity index (χ0v) is 13.4. The van der Waals surface area contributed by atoms with E-state index in [0.717, 1.165) is 24.4 Å². The van der Waals surface area contributed by atoms with Gasteiger partial charge in [-0.05, 0) is 17.9 Å². The molecule has 2 aromatic rings. The number of rotatable bonds is 6. The highest BCUT2D eigenvalue weighted by Crippen LogP contribution is 2.25. The van der Waals surface area contributed by atoms with Gasteiger partial charge >= 0.3 is 0 Å². The Balaban J connectivity index is 1.46. The molecule has 1 amide bonds. The second-order valence-electron chi connectivity index (χ2n) is 6.34. The number of nitrogens with zero attached hydrogens (tertiary/aromatic N) is 3. The third-order valence-electron chi connectivity index (χ3n) is 4.52. The van der Waals surface area contributed by atoms with E-state index < -0.39 is 0 Å². The van der Waals surface area contributed by atoms with E-state index >= 15 is 0 Å². The summed E-state index contributed by atoms with van der Waals surface area (Å²) in [4.78, 5) is 12.1. The lowest BCUT2D eigenvalue weighted by atomic mass is 9.87. The number of amides is 1. The van der Waals surface area contributed by atoms with Crippen molar-refractivity contribution in [3.8, 4) is 0 Å². The van der Waals surface area contributed by atoms with Crippen molar-refractivity contribution >= 4 is 5.91 Å². The number of carbonyl (C=O) groups excluding carboxylic acids is 1. The van der Waals surface area contributed by atoms with E-state index in [4.69, 9.17) is 0 Å². The Labute approximate surface area is 137 Å². The average molecular weight is 312 g/mol. The molecule has 0 spiro atoms. The smallest absolute Gasteiger partial charge is 0.273 e. The molecule has 0 aliphatic heterocycles. The van der Waals surface area contributed by atoms with Gasteiger partial charge in [-0.25, -0.2) is 4.68 Å². The van der Waals surface area contributed by atoms with Crippen molar-refractivity contribution in [3.05, 3.63) is 47.8 Å². The van der Waals surface area contributed by atoms with Crippen molar-refractivity contribution in [2.75, 3.05) is 6.54 Å². The summed E-state index contributed by atoms with van der Waals surface area (Å²) in [5, 5.41) is 11.0. The summed E-state index contributed by atoms with van der Waals surface area (Å²) in [7, 11) is 0. The van der Waals surface area contributed by atoms with Crippen LogP contribution in [0.2, 0.25) is 0 Å². The molecule has 1 saturated carbocycles. The van der Waals surface area contributed by atoms with E-state index in [1.165, 1.54) is 32.1 Å². The van der Waals surface area contributed by atoms with E-state index in [1.54, 1.807) is 10.9 Å². The van der Waals surface area contributed by atoms with Crippen molar-refractivity contribution < 1.29 is 4.79 Å². The summed E-state index contributed by atoms with van der Waals surface area (Å²) in [6.07, 6.45) is 9.45. The number of benzene rings is 1. The third kappa shape index (κ3) is 4.65. The Morgan fingerprint density at radius 1 is 1.17 bits per heavy atom. The molecule has 1 heterocycles. The maximum Gasteiger partial charge on any atom is 0.273 e. The highest BCUT2D eigenvalue weighted by atomic mass is 16.2. The number of aromatic nitrogens is 3. The van der Waals surface area contributed by atoms with E-state index in [9.17, 15) is 4.79 Å². The highest BCUT2D eigenvalue weighted by molar-refractivity contribution is 5.91. The first-order valence-corrected chi connectivity index (χ1v) is 8.53. The second kappa shape index (κ2) is 7.90. The minimum atomic E-state index is -0.125. The lowest BCUT2D eigenvalue weighted by molar-refractivity contribution is 0.0945. The predicted molar refractivity (Wildman–Crippen MR) is 89.1 cm³/mol. The number of hydrogen-bond acceptors (Lipinski definition) is 3. The summed E-state index contributed by atoms with van der Waals surface area (Å²) < 4.78 is 1.70. The van der Waals surface area contributed by atoms with Gasteiger partial charge < -0.3 is 5.32 Å². The van der Waals surface area contributed by atoms with E-state index in [0.29, 0.717) is 12.2 Å². The fourth-order valence-electron chi connectivity index (χ4n) is 3.21. The van der Waals surface area contributed by atoms with Crippen LogP contribution in [-0.2, 0) is 6.54 Å². The Kier molecular flexibility index (Phi) is 5.40. The minimum absolute atomic E-state index is 0.125. The molecule has 0 atom stereocenters. The van der Waals surface area contributed by atoms with Gasteiger partial charge in [0.15, 0.2) is 5.69 Å². The maximum atomic E-state index is 12.1. The largest absolute Gasteiger partial charge is 0.351 e. The molecule has 0 bridgehead atoms. The van der Waals surface area contributed by atoms with Crippen molar-refractivity contribution in [1.29, 1.82) is 0 Å². The van der Waals surface area contributed by atoms with Gasteiger partial charge in [-0.1, -0.05) is 67.6 Å². The first kappa shape index (κ1) is 15.7. The van der Waals surface area contributed by atoms with Gasteiger partial charge in [0, 0.05) is 6.54 Å². The van der Waals surface area contributed by atoms with Crippen LogP contribution in [0.5, 0.6) is 0 Å². The van der Waals surface area contributed by atoms with Gasteiger partial charge in [0.05, 0.1) is 12.7 Å². The Hall–Kier alpha value is -2.17. The second-order valence-corrected chi connectivity index (χ2v) is 6.34. The van der Waals surface area contributed by atoms with Gasteiger partial charge in [-0.3, -0.25) is 4.79 Å². The fraction of sp³-hybridized carbons (Fsp3) is 0.500. The summed E-state index contributed by atoms with van der Waals surface area (Å²) in [5.74, 6) is 0.651. The Morgan fingerprint density at radius 3 is 2.74 bits per heavy atom. The zero-order valence-electron chi connectivity index (χ0n) is 13.4. The van der Waals surface area contributed by atoms with Crippen LogP contribution in [0.15, 0.2) is 36.5 Å². The van der Waals surface area contributed by atoms with Gasteiger partial charge in [0.1, 0.15) is 0 Å². The van der Waals surface area contributed by atoms with Gasteiger partial charge in [-0.15, -0.1) is 5.10 Å². The summed E-state index contributed by atoms with van der Waals surface area (Å²) >= 11 is 0. The molecule has 1 aliphatic carbocycles. The Morgan fingerprint density at radius 2 is 1.96 bits per heavy atom. The van der Waals surface area contributed by atoms with Crippen molar-refractivity contribution in [2.24, 2.45) is 5.92 Å². The van der Waals surface area contributed by atoms with Crippen molar-refractivity contribution in [2.45, 2.75) is 45.1 Å². The van der Waals surface area contributed by atoms with E-state index in [2.05, 4.69) is 15.6 Å². The van der Waals surface area contributed by atoms with Crippen LogP contribution >= 0.6 is 0 Å². The van der Waals surface area contributed by atoms with Crippen LogP contribution in [0, 0.1) is 5.92 Å². The SMILES string of the molecule is O=C(NCCC1CCCCC1)c1cn(Cc2ccccc2)nn1. The third-order valence-corrected chi connectivity index (χ3v) is 4.52. The molecule has 1 aromatic heterocycles. The number of nitrogens with one attached hydrogen (secondary N) is 1. The zero-order chi connectivity index (χ0) is 15.9. The first-order valence-electron chi connectivity index (χ1n) is 8.53. The molecule has 1 N–H and O–H groups in total. The topological polar surface area (TPSA) is 59.8 Å². The van der Waals surface area contributed by atoms with Crippen molar-refractivity contribution in [1.82, 2.24) is 20.3 Å². The van der Waals surface area contributed by atoms with Crippen LogP contribution in [0.3, 0.4) is 0 Å². The lowest BCUT2D eigenvalue weighted by Crippen LogP contribution is -2.26. The predicted octanol–water partition coefficient (Wildman–Crippen LogP) is 3.03.